The number of hydrogen-bond donors (Lipinski definition) is 4. The van der Waals surface area contributed by atoms with Crippen molar-refractivity contribution in [1.82, 2.24) is 10.3 Å². The summed E-state index contributed by atoms with van der Waals surface area (Å²) in [6, 6.07) is 10.8. The molecule has 2 aromatic carbocycles. The lowest BCUT2D eigenvalue weighted by atomic mass is 9.97. The predicted octanol–water partition coefficient (Wildman–Crippen LogP) is 3.25. The first-order valence-electron chi connectivity index (χ1n) is 11.9. The lowest BCUT2D eigenvalue weighted by molar-refractivity contribution is -0.145. The van der Waals surface area contributed by atoms with E-state index >= 15 is 0 Å². The number of H-pyrrole nitrogens is 1. The van der Waals surface area contributed by atoms with Gasteiger partial charge < -0.3 is 25.3 Å². The minimum atomic E-state index is -1.31. The molecule has 3 aromatic rings. The number of aliphatic carboxylic acids is 1. The van der Waals surface area contributed by atoms with E-state index in [-0.39, 0.29) is 29.7 Å². The zero-order valence-electron chi connectivity index (χ0n) is 20.3. The second-order valence-corrected chi connectivity index (χ2v) is 8.93. The number of aromatic amines is 1. The van der Waals surface area contributed by atoms with Crippen LogP contribution < -0.4 is 15.6 Å². The molecule has 0 saturated heterocycles. The van der Waals surface area contributed by atoms with E-state index in [1.165, 1.54) is 34.4 Å². The van der Waals surface area contributed by atoms with Gasteiger partial charge in [0.2, 0.25) is 5.56 Å². The number of hydrogen-bond acceptors (Lipinski definition) is 6. The molecule has 8 nitrogen and oxygen atoms in total. The van der Waals surface area contributed by atoms with Gasteiger partial charge >= 0.3 is 11.9 Å². The van der Waals surface area contributed by atoms with Gasteiger partial charge in [0.25, 0.3) is 0 Å². The highest BCUT2D eigenvalue weighted by atomic mass is 35.5. The van der Waals surface area contributed by atoms with E-state index in [1.807, 2.05) is 0 Å². The number of pyridine rings is 1. The number of aliphatic hydroxyl groups is 1. The number of carbonyl (C=O) groups excluding carboxylic acids is 1. The number of ether oxygens (including phenoxy) is 1. The number of aliphatic hydroxyl groups excluding tert-OH is 1. The van der Waals surface area contributed by atoms with Crippen molar-refractivity contribution >= 4 is 35.2 Å². The molecule has 192 valence electrons. The number of benzene rings is 2. The van der Waals surface area contributed by atoms with Crippen LogP contribution in [0.2, 0.25) is 0 Å². The van der Waals surface area contributed by atoms with Crippen LogP contribution in [-0.4, -0.2) is 39.7 Å². The standard InChI is InChI=1S/C27H30N2O6.ClH/c1-3-15-9-17-11-19(12-18(17)10-16(15)4-2)28-14-22(30)20-5-7-23(35-26(34)13-25(32)33)27-21(20)6-8-24(31)29-27;/h5-10,19,22,28,30H,3-4,11-14H2,1-2H3,(H,29,31)(H,32,33);1H. The number of fused-ring (bicyclic) bond motifs is 2. The molecule has 0 aliphatic heterocycles. The Balaban J connectivity index is 0.00000361. The van der Waals surface area contributed by atoms with Gasteiger partial charge in [-0.05, 0) is 65.6 Å². The first-order valence-corrected chi connectivity index (χ1v) is 11.9. The van der Waals surface area contributed by atoms with Crippen LogP contribution in [0.15, 0.2) is 41.2 Å². The van der Waals surface area contributed by atoms with Gasteiger partial charge in [-0.15, -0.1) is 12.4 Å². The first kappa shape index (κ1) is 27.4. The Morgan fingerprint density at radius 3 is 2.31 bits per heavy atom. The van der Waals surface area contributed by atoms with Crippen LogP contribution >= 0.6 is 12.4 Å². The van der Waals surface area contributed by atoms with Crippen molar-refractivity contribution in [3.63, 3.8) is 0 Å². The SMILES string of the molecule is CCc1cc2c(cc1CC)CC(NCC(O)c1ccc(OC(=O)CC(=O)O)c3[nH]c(=O)ccc13)C2.Cl. The Morgan fingerprint density at radius 1 is 1.08 bits per heavy atom. The maximum atomic E-state index is 11.9. The molecular weight excluding hydrogens is 484 g/mol. The van der Waals surface area contributed by atoms with Crippen molar-refractivity contribution in [2.75, 3.05) is 6.54 Å². The molecule has 9 heteroatoms. The van der Waals surface area contributed by atoms with E-state index in [0.29, 0.717) is 17.5 Å². The van der Waals surface area contributed by atoms with E-state index in [9.17, 15) is 19.5 Å². The topological polar surface area (TPSA) is 129 Å². The Labute approximate surface area is 215 Å². The van der Waals surface area contributed by atoms with Crippen LogP contribution in [-0.2, 0) is 35.3 Å². The molecule has 1 unspecified atom stereocenters. The highest BCUT2D eigenvalue weighted by molar-refractivity contribution is 5.94. The number of carboxylic acids is 1. The maximum absolute atomic E-state index is 11.9. The van der Waals surface area contributed by atoms with Gasteiger partial charge in [-0.2, -0.15) is 0 Å². The van der Waals surface area contributed by atoms with Crippen molar-refractivity contribution in [2.45, 2.75) is 58.1 Å². The molecule has 0 bridgehead atoms. The largest absolute Gasteiger partial charge is 0.481 e. The van der Waals surface area contributed by atoms with E-state index in [2.05, 4.69) is 36.3 Å². The van der Waals surface area contributed by atoms with Crippen molar-refractivity contribution < 1.29 is 24.5 Å². The summed E-state index contributed by atoms with van der Waals surface area (Å²) in [7, 11) is 0. The van der Waals surface area contributed by atoms with Crippen molar-refractivity contribution in [1.29, 1.82) is 0 Å². The summed E-state index contributed by atoms with van der Waals surface area (Å²) in [5.74, 6) is -2.22. The zero-order valence-corrected chi connectivity index (χ0v) is 21.1. The number of rotatable bonds is 9. The summed E-state index contributed by atoms with van der Waals surface area (Å²) in [6.07, 6.45) is 2.19. The van der Waals surface area contributed by atoms with Gasteiger partial charge in [-0.25, -0.2) is 0 Å². The minimum absolute atomic E-state index is 0. The van der Waals surface area contributed by atoms with Crippen LogP contribution in [0.25, 0.3) is 10.9 Å². The van der Waals surface area contributed by atoms with E-state index in [4.69, 9.17) is 9.84 Å². The van der Waals surface area contributed by atoms with E-state index in [1.54, 1.807) is 12.1 Å². The van der Waals surface area contributed by atoms with Gasteiger partial charge in [-0.3, -0.25) is 14.4 Å². The van der Waals surface area contributed by atoms with Crippen molar-refractivity contribution in [3.05, 3.63) is 74.6 Å². The van der Waals surface area contributed by atoms with Gasteiger partial charge in [0.1, 0.15) is 6.42 Å². The summed E-state index contributed by atoms with van der Waals surface area (Å²) in [5, 5.41) is 23.8. The highest BCUT2D eigenvalue weighted by Gasteiger charge is 2.24. The fourth-order valence-corrected chi connectivity index (χ4v) is 4.87. The third-order valence-corrected chi connectivity index (χ3v) is 6.59. The minimum Gasteiger partial charge on any atom is -0.481 e. The number of carboxylic acid groups (broad SMARTS) is 1. The van der Waals surface area contributed by atoms with Crippen LogP contribution in [0.1, 0.15) is 54.2 Å². The fraction of sp³-hybridized carbons (Fsp3) is 0.370. The molecule has 1 aromatic heterocycles. The van der Waals surface area contributed by atoms with Crippen LogP contribution in [0, 0.1) is 0 Å². The number of carbonyl (C=O) groups is 2. The second kappa shape index (κ2) is 11.7. The third kappa shape index (κ3) is 5.95. The van der Waals surface area contributed by atoms with E-state index < -0.39 is 30.0 Å². The summed E-state index contributed by atoms with van der Waals surface area (Å²) in [4.78, 5) is 37.2. The molecule has 36 heavy (non-hydrogen) atoms. The Bertz CT molecular complexity index is 1300. The Hall–Kier alpha value is -3.20. The first-order chi connectivity index (χ1) is 16.8. The summed E-state index contributed by atoms with van der Waals surface area (Å²) < 4.78 is 5.16. The molecule has 4 rings (SSSR count). The lowest BCUT2D eigenvalue weighted by Gasteiger charge is -2.19. The molecule has 1 heterocycles. The number of halogens is 1. The third-order valence-electron chi connectivity index (χ3n) is 6.59. The molecular formula is C27H31ClN2O6. The average Bonchev–Trinajstić information content (AvgIpc) is 3.23. The number of aryl methyl sites for hydroxylation is 2. The predicted molar refractivity (Wildman–Crippen MR) is 139 cm³/mol. The lowest BCUT2D eigenvalue weighted by Crippen LogP contribution is -2.33. The summed E-state index contributed by atoms with van der Waals surface area (Å²) in [6.45, 7) is 4.67. The fourth-order valence-electron chi connectivity index (χ4n) is 4.87. The van der Waals surface area contributed by atoms with E-state index in [0.717, 1.165) is 25.7 Å². The number of aromatic nitrogens is 1. The average molecular weight is 515 g/mol. The number of esters is 1. The van der Waals surface area contributed by atoms with Crippen LogP contribution in [0.5, 0.6) is 5.75 Å². The van der Waals surface area contributed by atoms with Gasteiger partial charge in [0.15, 0.2) is 5.75 Å². The Morgan fingerprint density at radius 2 is 1.72 bits per heavy atom. The monoisotopic (exact) mass is 514 g/mol. The number of nitrogens with one attached hydrogen (secondary N) is 2. The summed E-state index contributed by atoms with van der Waals surface area (Å²) in [5.41, 5.74) is 5.93. The second-order valence-electron chi connectivity index (χ2n) is 8.93. The van der Waals surface area contributed by atoms with Gasteiger partial charge in [0.05, 0.1) is 11.6 Å². The molecule has 0 spiro atoms. The quantitative estimate of drug-likeness (QED) is 0.196. The molecule has 0 radical (unpaired) electrons. The Kier molecular flexibility index (Phi) is 8.89. The van der Waals surface area contributed by atoms with Gasteiger partial charge in [0, 0.05) is 24.0 Å². The molecule has 0 saturated carbocycles. The van der Waals surface area contributed by atoms with Crippen LogP contribution in [0.4, 0.5) is 0 Å². The molecule has 1 aliphatic rings. The van der Waals surface area contributed by atoms with Crippen molar-refractivity contribution in [2.24, 2.45) is 0 Å². The molecule has 0 fully saturated rings. The highest BCUT2D eigenvalue weighted by Crippen LogP contribution is 2.31. The molecule has 0 amide bonds. The van der Waals surface area contributed by atoms with Crippen molar-refractivity contribution in [3.8, 4) is 5.75 Å². The van der Waals surface area contributed by atoms with Crippen LogP contribution in [0.3, 0.4) is 0 Å². The zero-order chi connectivity index (χ0) is 25.1. The maximum Gasteiger partial charge on any atom is 0.322 e. The summed E-state index contributed by atoms with van der Waals surface area (Å²) >= 11 is 0. The smallest absolute Gasteiger partial charge is 0.322 e. The molecule has 1 atom stereocenters. The molecule has 4 N–H and O–H groups in total. The van der Waals surface area contributed by atoms with Gasteiger partial charge in [-0.1, -0.05) is 32.0 Å². The normalized spacial score (nSPS) is 13.8. The molecule has 1 aliphatic carbocycles.